The molecule has 3 saturated heterocycles. The molecule has 1 aromatic rings. The smallest absolute Gasteiger partial charge is 0.277 e. The zero-order valence-corrected chi connectivity index (χ0v) is 18.9. The Kier molecular flexibility index (Phi) is 6.53. The van der Waals surface area contributed by atoms with Gasteiger partial charge in [0, 0.05) is 36.7 Å². The van der Waals surface area contributed by atoms with Gasteiger partial charge in [0.2, 0.25) is 0 Å². The lowest BCUT2D eigenvalue weighted by molar-refractivity contribution is -0.00950. The van der Waals surface area contributed by atoms with E-state index >= 15 is 0 Å². The number of carbonyl (C=O) groups is 1. The van der Waals surface area contributed by atoms with Crippen LogP contribution in [0.15, 0.2) is 17.2 Å². The molecule has 5 rings (SSSR count). The fraction of sp³-hybridized carbons (Fsp3) is 0.750. The maximum absolute atomic E-state index is 13.2. The van der Waals surface area contributed by atoms with Gasteiger partial charge >= 0.3 is 0 Å². The molecule has 2 unspecified atom stereocenters. The third-order valence-corrected chi connectivity index (χ3v) is 8.44. The maximum Gasteiger partial charge on any atom is 0.277 e. The van der Waals surface area contributed by atoms with E-state index in [0.717, 1.165) is 63.5 Å². The van der Waals surface area contributed by atoms with Crippen molar-refractivity contribution in [1.29, 1.82) is 0 Å². The fourth-order valence-electron chi connectivity index (χ4n) is 5.71. The molecule has 0 radical (unpaired) electrons. The number of hydrogen-bond acceptors (Lipinski definition) is 5. The summed E-state index contributed by atoms with van der Waals surface area (Å²) in [6.07, 6.45) is 14.8. The number of nitrogens with zero attached hydrogens (tertiary/aromatic N) is 3. The van der Waals surface area contributed by atoms with E-state index in [9.17, 15) is 4.79 Å². The normalized spacial score (nSPS) is 28.8. The number of fused-ring (bicyclic) bond motifs is 1. The Morgan fingerprint density at radius 1 is 1.03 bits per heavy atom. The molecule has 2 atom stereocenters. The monoisotopic (exact) mass is 429 g/mol. The van der Waals surface area contributed by atoms with Crippen LogP contribution in [0.4, 0.5) is 0 Å². The lowest BCUT2D eigenvalue weighted by Crippen LogP contribution is -2.40. The van der Waals surface area contributed by atoms with Crippen molar-refractivity contribution in [3.63, 3.8) is 0 Å². The van der Waals surface area contributed by atoms with Gasteiger partial charge in [0.1, 0.15) is 5.69 Å². The molecular weight excluding hydrogens is 394 g/mol. The largest absolute Gasteiger partial charge is 0.377 e. The van der Waals surface area contributed by atoms with Crippen molar-refractivity contribution in [2.75, 3.05) is 32.8 Å². The van der Waals surface area contributed by atoms with Crippen LogP contribution in [-0.2, 0) is 4.74 Å². The van der Waals surface area contributed by atoms with Crippen LogP contribution in [-0.4, -0.2) is 59.6 Å². The molecule has 0 spiro atoms. The standard InChI is InChI=1S/C24H35N3O2S/c28-24(27-12-5-7-18-6-1-2-9-22(18)27)21-17-30-23(25-21)19-10-13-26(14-11-19)16-20-8-3-4-15-29-20/h9,17-20H,1-8,10-16H2. The number of amides is 1. The minimum atomic E-state index is 0.127. The van der Waals surface area contributed by atoms with E-state index in [1.807, 2.05) is 10.3 Å². The van der Waals surface area contributed by atoms with Gasteiger partial charge in [-0.05, 0) is 83.2 Å². The second-order valence-corrected chi connectivity index (χ2v) is 10.4. The van der Waals surface area contributed by atoms with E-state index in [2.05, 4.69) is 11.0 Å². The lowest BCUT2D eigenvalue weighted by Gasteiger charge is -2.37. The van der Waals surface area contributed by atoms with Crippen LogP contribution in [0.3, 0.4) is 0 Å². The quantitative estimate of drug-likeness (QED) is 0.689. The van der Waals surface area contributed by atoms with Crippen LogP contribution in [0.2, 0.25) is 0 Å². The van der Waals surface area contributed by atoms with Gasteiger partial charge in [-0.15, -0.1) is 11.3 Å². The van der Waals surface area contributed by atoms with Crippen LogP contribution in [0.1, 0.15) is 85.6 Å². The van der Waals surface area contributed by atoms with Crippen molar-refractivity contribution in [2.45, 2.75) is 76.2 Å². The number of allylic oxidation sites excluding steroid dienone is 2. The Balaban J connectivity index is 1.18. The van der Waals surface area contributed by atoms with Crippen molar-refractivity contribution in [3.8, 4) is 0 Å². The Bertz CT molecular complexity index is 762. The van der Waals surface area contributed by atoms with E-state index in [0.29, 0.717) is 23.6 Å². The van der Waals surface area contributed by atoms with Gasteiger partial charge in [0.25, 0.3) is 5.91 Å². The summed E-state index contributed by atoms with van der Waals surface area (Å²) >= 11 is 1.69. The first-order valence-corrected chi connectivity index (χ1v) is 13.0. The summed E-state index contributed by atoms with van der Waals surface area (Å²) in [7, 11) is 0. The molecule has 1 aromatic heterocycles. The molecule has 164 valence electrons. The fourth-order valence-corrected chi connectivity index (χ4v) is 6.67. The number of carbonyl (C=O) groups excluding carboxylic acids is 1. The summed E-state index contributed by atoms with van der Waals surface area (Å²) in [5.41, 5.74) is 1.95. The van der Waals surface area contributed by atoms with Crippen molar-refractivity contribution >= 4 is 17.2 Å². The second kappa shape index (κ2) is 9.49. The number of thiazole rings is 1. The van der Waals surface area contributed by atoms with Gasteiger partial charge in [0.05, 0.1) is 11.1 Å². The van der Waals surface area contributed by atoms with Gasteiger partial charge in [-0.1, -0.05) is 6.08 Å². The molecule has 3 aliphatic heterocycles. The summed E-state index contributed by atoms with van der Waals surface area (Å²) in [5, 5.41) is 3.17. The zero-order chi connectivity index (χ0) is 20.3. The van der Waals surface area contributed by atoms with Gasteiger partial charge in [0.15, 0.2) is 0 Å². The summed E-state index contributed by atoms with van der Waals surface area (Å²) < 4.78 is 5.92. The van der Waals surface area contributed by atoms with Gasteiger partial charge in [-0.25, -0.2) is 4.98 Å². The lowest BCUT2D eigenvalue weighted by atomic mass is 9.85. The molecule has 0 aromatic carbocycles. The van der Waals surface area contributed by atoms with Gasteiger partial charge < -0.3 is 14.5 Å². The number of ether oxygens (including phenoxy) is 1. The highest BCUT2D eigenvalue weighted by Crippen LogP contribution is 2.36. The number of hydrogen-bond donors (Lipinski definition) is 0. The van der Waals surface area contributed by atoms with Crippen LogP contribution >= 0.6 is 11.3 Å². The Morgan fingerprint density at radius 3 is 2.73 bits per heavy atom. The molecule has 4 aliphatic rings. The van der Waals surface area contributed by atoms with Crippen molar-refractivity contribution in [3.05, 3.63) is 27.9 Å². The van der Waals surface area contributed by atoms with Gasteiger partial charge in [-0.3, -0.25) is 4.79 Å². The first kappa shape index (κ1) is 20.7. The zero-order valence-electron chi connectivity index (χ0n) is 18.1. The minimum absolute atomic E-state index is 0.127. The first-order valence-electron chi connectivity index (χ1n) is 12.1. The molecule has 3 fully saturated rings. The van der Waals surface area contributed by atoms with Crippen molar-refractivity contribution in [1.82, 2.24) is 14.8 Å². The Morgan fingerprint density at radius 2 is 1.90 bits per heavy atom. The molecule has 1 aliphatic carbocycles. The summed E-state index contributed by atoms with van der Waals surface area (Å²) in [6, 6.07) is 0. The van der Waals surface area contributed by atoms with E-state index in [-0.39, 0.29) is 5.91 Å². The maximum atomic E-state index is 13.2. The van der Waals surface area contributed by atoms with Crippen LogP contribution in [0.25, 0.3) is 0 Å². The Labute approximate surface area is 184 Å². The van der Waals surface area contributed by atoms with Gasteiger partial charge in [-0.2, -0.15) is 0 Å². The molecular formula is C24H35N3O2S. The highest BCUT2D eigenvalue weighted by molar-refractivity contribution is 7.09. The SMILES string of the molecule is O=C(c1csc(C2CCN(CC3CCCCO3)CC2)n1)N1CCCC2CCCC=C21. The first-order chi connectivity index (χ1) is 14.8. The molecule has 30 heavy (non-hydrogen) atoms. The van der Waals surface area contributed by atoms with Crippen LogP contribution < -0.4 is 0 Å². The van der Waals surface area contributed by atoms with Crippen LogP contribution in [0.5, 0.6) is 0 Å². The number of piperidine rings is 2. The van der Waals surface area contributed by atoms with E-state index < -0.39 is 0 Å². The average Bonchev–Trinajstić information content (AvgIpc) is 3.30. The molecule has 0 N–H and O–H groups in total. The topological polar surface area (TPSA) is 45.7 Å². The molecule has 6 heteroatoms. The molecule has 4 heterocycles. The number of aromatic nitrogens is 1. The van der Waals surface area contributed by atoms with E-state index in [1.54, 1.807) is 11.3 Å². The number of likely N-dealkylation sites (tertiary alicyclic amines) is 2. The van der Waals surface area contributed by atoms with Crippen molar-refractivity contribution in [2.24, 2.45) is 5.92 Å². The highest BCUT2D eigenvalue weighted by Gasteiger charge is 2.32. The predicted molar refractivity (Wildman–Crippen MR) is 120 cm³/mol. The average molecular weight is 430 g/mol. The summed E-state index contributed by atoms with van der Waals surface area (Å²) in [5.74, 6) is 1.22. The molecule has 0 saturated carbocycles. The molecule has 5 nitrogen and oxygen atoms in total. The molecule has 1 amide bonds. The predicted octanol–water partition coefficient (Wildman–Crippen LogP) is 4.81. The third-order valence-electron chi connectivity index (χ3n) is 7.43. The van der Waals surface area contributed by atoms with Crippen molar-refractivity contribution < 1.29 is 9.53 Å². The number of rotatable bonds is 4. The third kappa shape index (κ3) is 4.51. The summed E-state index contributed by atoms with van der Waals surface area (Å²) in [4.78, 5) is 22.7. The minimum Gasteiger partial charge on any atom is -0.377 e. The summed E-state index contributed by atoms with van der Waals surface area (Å²) in [6.45, 7) is 5.11. The highest BCUT2D eigenvalue weighted by atomic mass is 32.1. The van der Waals surface area contributed by atoms with E-state index in [4.69, 9.17) is 9.72 Å². The molecule has 0 bridgehead atoms. The second-order valence-electron chi connectivity index (χ2n) is 9.49. The van der Waals surface area contributed by atoms with E-state index in [1.165, 1.54) is 44.2 Å². The van der Waals surface area contributed by atoms with Crippen LogP contribution in [0, 0.1) is 5.92 Å². The Hall–Kier alpha value is -1.24.